The van der Waals surface area contributed by atoms with Crippen molar-refractivity contribution in [1.82, 2.24) is 5.16 Å². The number of alkyl halides is 3. The maximum Gasteiger partial charge on any atom is 0.436 e. The number of aromatic nitrogens is 1. The lowest BCUT2D eigenvalue weighted by molar-refractivity contribution is -0.142. The van der Waals surface area contributed by atoms with Gasteiger partial charge in [-0.15, -0.1) is 0 Å². The fraction of sp³-hybridized carbons (Fsp3) is 0.250. The third-order valence-corrected chi connectivity index (χ3v) is 1.28. The average molecular weight is 263 g/mol. The van der Waals surface area contributed by atoms with Crippen LogP contribution < -0.4 is 0 Å². The predicted molar refractivity (Wildman–Crippen MR) is 34.2 cm³/mol. The molecule has 6 heteroatoms. The molecule has 0 atom stereocenters. The topological polar surface area (TPSA) is 26.0 Å². The first-order valence-electron chi connectivity index (χ1n) is 2.19. The maximum absolute atomic E-state index is 11.7. The molecule has 0 unspecified atom stereocenters. The summed E-state index contributed by atoms with van der Waals surface area (Å²) in [7, 11) is 0. The number of hydrogen-bond donors (Lipinski definition) is 0. The first kappa shape index (κ1) is 7.83. The van der Waals surface area contributed by atoms with E-state index in [1.54, 1.807) is 22.6 Å². The van der Waals surface area contributed by atoms with E-state index in [1.807, 2.05) is 0 Å². The number of rotatable bonds is 0. The van der Waals surface area contributed by atoms with E-state index < -0.39 is 11.9 Å². The van der Waals surface area contributed by atoms with Gasteiger partial charge in [0.15, 0.2) is 9.46 Å². The van der Waals surface area contributed by atoms with Gasteiger partial charge in [-0.25, -0.2) is 0 Å². The van der Waals surface area contributed by atoms with Crippen molar-refractivity contribution in [2.45, 2.75) is 6.18 Å². The molecule has 1 aromatic rings. The zero-order valence-electron chi connectivity index (χ0n) is 4.44. The Labute approximate surface area is 67.5 Å². The first-order valence-corrected chi connectivity index (χ1v) is 3.27. The fourth-order valence-corrected chi connectivity index (χ4v) is 0.780. The third kappa shape index (κ3) is 1.61. The van der Waals surface area contributed by atoms with Crippen LogP contribution in [-0.4, -0.2) is 5.16 Å². The second kappa shape index (κ2) is 2.40. The molecule has 1 heterocycles. The Morgan fingerprint density at radius 3 is 2.30 bits per heavy atom. The second-order valence-corrected chi connectivity index (χ2v) is 2.58. The van der Waals surface area contributed by atoms with E-state index in [-0.39, 0.29) is 3.77 Å². The van der Waals surface area contributed by atoms with E-state index in [1.165, 1.54) is 0 Å². The molecule has 0 amide bonds. The normalized spacial score (nSPS) is 12.0. The number of halogens is 4. The van der Waals surface area contributed by atoms with Crippen LogP contribution >= 0.6 is 22.6 Å². The summed E-state index contributed by atoms with van der Waals surface area (Å²) in [6, 6.07) is 0.834. The highest BCUT2D eigenvalue weighted by Crippen LogP contribution is 2.28. The summed E-state index contributed by atoms with van der Waals surface area (Å²) < 4.78 is 39.4. The van der Waals surface area contributed by atoms with Crippen molar-refractivity contribution in [3.63, 3.8) is 0 Å². The molecule has 0 aliphatic rings. The summed E-state index contributed by atoms with van der Waals surface area (Å²) in [5, 5.41) is 2.78. The van der Waals surface area contributed by atoms with Gasteiger partial charge in [-0.1, -0.05) is 5.16 Å². The van der Waals surface area contributed by atoms with Crippen LogP contribution in [0.1, 0.15) is 5.69 Å². The Morgan fingerprint density at radius 1 is 1.50 bits per heavy atom. The van der Waals surface area contributed by atoms with Gasteiger partial charge in [-0.05, 0) is 0 Å². The second-order valence-electron chi connectivity index (χ2n) is 1.51. The van der Waals surface area contributed by atoms with Crippen molar-refractivity contribution in [1.29, 1.82) is 0 Å². The van der Waals surface area contributed by atoms with Crippen molar-refractivity contribution in [3.05, 3.63) is 15.5 Å². The molecule has 0 aliphatic heterocycles. The Kier molecular flexibility index (Phi) is 1.88. The smallest absolute Gasteiger partial charge is 0.350 e. The highest BCUT2D eigenvalue weighted by atomic mass is 127. The molecule has 56 valence electrons. The summed E-state index contributed by atoms with van der Waals surface area (Å²) in [6.45, 7) is 0. The van der Waals surface area contributed by atoms with Crippen molar-refractivity contribution >= 4 is 22.6 Å². The van der Waals surface area contributed by atoms with Crippen LogP contribution in [0.25, 0.3) is 0 Å². The minimum absolute atomic E-state index is 0.130. The van der Waals surface area contributed by atoms with E-state index >= 15 is 0 Å². The highest BCUT2D eigenvalue weighted by molar-refractivity contribution is 14.1. The molecule has 0 aliphatic carbocycles. The largest absolute Gasteiger partial charge is 0.436 e. The maximum atomic E-state index is 11.7. The van der Waals surface area contributed by atoms with Crippen molar-refractivity contribution in [3.8, 4) is 0 Å². The third-order valence-electron chi connectivity index (χ3n) is 0.772. The van der Waals surface area contributed by atoms with E-state index in [0.717, 1.165) is 6.07 Å². The van der Waals surface area contributed by atoms with Crippen LogP contribution in [0.2, 0.25) is 0 Å². The van der Waals surface area contributed by atoms with Gasteiger partial charge in [0.2, 0.25) is 0 Å². The molecule has 2 nitrogen and oxygen atoms in total. The highest BCUT2D eigenvalue weighted by Gasteiger charge is 2.34. The molecule has 0 radical (unpaired) electrons. The Bertz CT molecular complexity index is 231. The molecule has 0 aromatic carbocycles. The quantitative estimate of drug-likeness (QED) is 0.671. The summed E-state index contributed by atoms with van der Waals surface area (Å²) in [4.78, 5) is 0. The lowest BCUT2D eigenvalue weighted by atomic mass is 10.4. The number of hydrogen-bond acceptors (Lipinski definition) is 2. The van der Waals surface area contributed by atoms with E-state index in [9.17, 15) is 13.2 Å². The Morgan fingerprint density at radius 2 is 2.10 bits per heavy atom. The van der Waals surface area contributed by atoms with Crippen LogP contribution in [0.15, 0.2) is 10.6 Å². The molecular formula is C4HF3INO. The van der Waals surface area contributed by atoms with Gasteiger partial charge >= 0.3 is 6.18 Å². The molecule has 10 heavy (non-hydrogen) atoms. The van der Waals surface area contributed by atoms with Crippen LogP contribution in [0, 0.1) is 3.77 Å². The molecule has 1 rings (SSSR count). The first-order chi connectivity index (χ1) is 4.50. The van der Waals surface area contributed by atoms with Crippen LogP contribution in [0.4, 0.5) is 13.2 Å². The van der Waals surface area contributed by atoms with E-state index in [0.29, 0.717) is 0 Å². The van der Waals surface area contributed by atoms with Crippen molar-refractivity contribution in [2.75, 3.05) is 0 Å². The molecule has 0 bridgehead atoms. The van der Waals surface area contributed by atoms with Gasteiger partial charge in [0, 0.05) is 28.7 Å². The molecule has 1 aromatic heterocycles. The molecule has 0 saturated heterocycles. The van der Waals surface area contributed by atoms with E-state index in [4.69, 9.17) is 0 Å². The summed E-state index contributed by atoms with van der Waals surface area (Å²) in [5.74, 6) is 0. The van der Waals surface area contributed by atoms with Crippen LogP contribution in [-0.2, 0) is 6.18 Å². The number of nitrogens with zero attached hydrogens (tertiary/aromatic N) is 1. The van der Waals surface area contributed by atoms with Gasteiger partial charge in [0.1, 0.15) is 0 Å². The Balaban J connectivity index is 2.96. The minimum atomic E-state index is -4.40. The fourth-order valence-electron chi connectivity index (χ4n) is 0.387. The molecule has 0 spiro atoms. The zero-order valence-corrected chi connectivity index (χ0v) is 6.60. The van der Waals surface area contributed by atoms with Crippen LogP contribution in [0.5, 0.6) is 0 Å². The lowest BCUT2D eigenvalue weighted by Gasteiger charge is -1.97. The summed E-state index contributed by atoms with van der Waals surface area (Å²) in [6.07, 6.45) is -4.40. The van der Waals surface area contributed by atoms with Gasteiger partial charge < -0.3 is 4.52 Å². The molecule has 0 saturated carbocycles. The van der Waals surface area contributed by atoms with Gasteiger partial charge in [-0.2, -0.15) is 13.2 Å². The zero-order chi connectivity index (χ0) is 7.78. The predicted octanol–water partition coefficient (Wildman–Crippen LogP) is 2.30. The molecular weight excluding hydrogens is 262 g/mol. The summed E-state index contributed by atoms with van der Waals surface area (Å²) >= 11 is 1.61. The van der Waals surface area contributed by atoms with Crippen molar-refractivity contribution < 1.29 is 17.7 Å². The molecule has 0 fully saturated rings. The van der Waals surface area contributed by atoms with Gasteiger partial charge in [0.05, 0.1) is 0 Å². The lowest BCUT2D eigenvalue weighted by Crippen LogP contribution is -2.04. The average Bonchev–Trinajstić information content (AvgIpc) is 2.11. The van der Waals surface area contributed by atoms with Crippen molar-refractivity contribution in [2.24, 2.45) is 0 Å². The summed E-state index contributed by atoms with van der Waals surface area (Å²) in [5.41, 5.74) is -0.989. The monoisotopic (exact) mass is 263 g/mol. The van der Waals surface area contributed by atoms with Crippen LogP contribution in [0.3, 0.4) is 0 Å². The minimum Gasteiger partial charge on any atom is -0.350 e. The SMILES string of the molecule is FC(F)(F)c1cc(I)on1. The van der Waals surface area contributed by atoms with E-state index in [2.05, 4.69) is 9.68 Å². The standard InChI is InChI=1S/C4HF3INO/c5-4(6,7)2-1-3(8)10-9-2/h1H. The van der Waals surface area contributed by atoms with Gasteiger partial charge in [0.25, 0.3) is 0 Å². The Hall–Kier alpha value is -0.270. The molecule has 0 N–H and O–H groups in total. The van der Waals surface area contributed by atoms with Gasteiger partial charge in [-0.3, -0.25) is 0 Å².